The van der Waals surface area contributed by atoms with Crippen LogP contribution in [-0.2, 0) is 6.54 Å². The van der Waals surface area contributed by atoms with E-state index in [0.29, 0.717) is 33.4 Å². The van der Waals surface area contributed by atoms with E-state index in [1.165, 1.54) is 18.9 Å². The number of halogens is 1. The number of hydrogen-bond donors (Lipinski definition) is 2. The minimum absolute atomic E-state index is 0.0308. The van der Waals surface area contributed by atoms with Crippen molar-refractivity contribution in [3.63, 3.8) is 0 Å². The van der Waals surface area contributed by atoms with Gasteiger partial charge in [-0.05, 0) is 42.9 Å². The Bertz CT molecular complexity index is 1300. The topological polar surface area (TPSA) is 123 Å². The highest BCUT2D eigenvalue weighted by atomic mass is 35.5. The van der Waals surface area contributed by atoms with Crippen molar-refractivity contribution in [2.45, 2.75) is 39.2 Å². The molecule has 1 aliphatic rings. The van der Waals surface area contributed by atoms with Crippen LogP contribution >= 0.6 is 11.6 Å². The summed E-state index contributed by atoms with van der Waals surface area (Å²) >= 11 is 6.21. The molecule has 0 atom stereocenters. The first kappa shape index (κ1) is 19.7. The maximum absolute atomic E-state index is 11.4. The van der Waals surface area contributed by atoms with Crippen molar-refractivity contribution in [2.24, 2.45) is 11.8 Å². The summed E-state index contributed by atoms with van der Waals surface area (Å²) in [6.45, 7) is 3.09. The monoisotopic (exact) mass is 440 g/mol. The van der Waals surface area contributed by atoms with Gasteiger partial charge in [-0.3, -0.25) is 9.51 Å². The number of benzene rings is 1. The van der Waals surface area contributed by atoms with Crippen LogP contribution in [0.1, 0.15) is 32.6 Å². The van der Waals surface area contributed by atoms with Gasteiger partial charge in [-0.1, -0.05) is 36.5 Å². The average molecular weight is 441 g/mol. The van der Waals surface area contributed by atoms with Gasteiger partial charge in [0.25, 0.3) is 0 Å². The first-order chi connectivity index (χ1) is 15.0. The summed E-state index contributed by atoms with van der Waals surface area (Å²) in [6.07, 6.45) is 6.52. The van der Waals surface area contributed by atoms with Gasteiger partial charge in [0.2, 0.25) is 11.6 Å². The molecule has 10 heteroatoms. The molecule has 0 amide bonds. The molecule has 0 unspecified atom stereocenters. The van der Waals surface area contributed by atoms with Crippen molar-refractivity contribution in [3.05, 3.63) is 40.1 Å². The molecule has 0 spiro atoms. The van der Waals surface area contributed by atoms with Crippen molar-refractivity contribution in [3.8, 4) is 28.7 Å². The molecular formula is C21H21ClN6O3. The first-order valence-electron chi connectivity index (χ1n) is 10.3. The number of aromatic amines is 1. The summed E-state index contributed by atoms with van der Waals surface area (Å²) < 4.78 is 6.64. The van der Waals surface area contributed by atoms with Gasteiger partial charge >= 0.3 is 5.76 Å². The van der Waals surface area contributed by atoms with E-state index in [0.717, 1.165) is 25.3 Å². The standard InChI is InChI=1S/C21H21ClN6O3/c1-11-2-4-12(5-3-11)9-28-10-23-18-17(28)16(14-8-13(22)6-7-15(14)29)24-19(25-18)20-26-21(30)31-27-20/h6-8,10-12,29H,2-5,9H2,1H3,(H,26,27,30). The van der Waals surface area contributed by atoms with Crippen molar-refractivity contribution < 1.29 is 9.63 Å². The predicted molar refractivity (Wildman–Crippen MR) is 115 cm³/mol. The highest BCUT2D eigenvalue weighted by Crippen LogP contribution is 2.36. The molecule has 1 aliphatic carbocycles. The first-order valence-corrected chi connectivity index (χ1v) is 10.6. The summed E-state index contributed by atoms with van der Waals surface area (Å²) in [5.41, 5.74) is 2.05. The van der Waals surface area contributed by atoms with E-state index >= 15 is 0 Å². The lowest BCUT2D eigenvalue weighted by atomic mass is 9.83. The third-order valence-corrected chi connectivity index (χ3v) is 6.16. The fraction of sp³-hybridized carbons (Fsp3) is 0.381. The van der Waals surface area contributed by atoms with Crippen LogP contribution in [-0.4, -0.2) is 34.8 Å². The number of hydrogen-bond acceptors (Lipinski definition) is 7. The molecule has 0 radical (unpaired) electrons. The number of rotatable bonds is 4. The smallest absolute Gasteiger partial charge is 0.439 e. The summed E-state index contributed by atoms with van der Waals surface area (Å²) in [4.78, 5) is 27.4. The van der Waals surface area contributed by atoms with Gasteiger partial charge in [-0.25, -0.2) is 19.7 Å². The minimum atomic E-state index is -0.706. The Labute approximate surface area is 182 Å². The SMILES string of the molecule is CC1CCC(Cn2cnc3nc(-c4noc(=O)[nH]4)nc(-c4cc(Cl)ccc4O)c32)CC1. The Morgan fingerprint density at radius 3 is 2.81 bits per heavy atom. The third-order valence-electron chi connectivity index (χ3n) is 5.93. The van der Waals surface area contributed by atoms with Crippen LogP contribution in [0.3, 0.4) is 0 Å². The zero-order valence-corrected chi connectivity index (χ0v) is 17.6. The van der Waals surface area contributed by atoms with Crippen LogP contribution in [0.2, 0.25) is 5.02 Å². The van der Waals surface area contributed by atoms with E-state index in [9.17, 15) is 9.90 Å². The lowest BCUT2D eigenvalue weighted by molar-refractivity contribution is 0.266. The molecular weight excluding hydrogens is 420 g/mol. The fourth-order valence-electron chi connectivity index (χ4n) is 4.23. The molecule has 2 N–H and O–H groups in total. The lowest BCUT2D eigenvalue weighted by Gasteiger charge is -2.26. The molecule has 0 saturated heterocycles. The van der Waals surface area contributed by atoms with Crippen LogP contribution < -0.4 is 5.76 Å². The number of imidazole rings is 1. The number of aromatic hydroxyl groups is 1. The number of nitrogens with one attached hydrogen (secondary N) is 1. The maximum Gasteiger partial charge on any atom is 0.439 e. The van der Waals surface area contributed by atoms with Gasteiger partial charge in [0.15, 0.2) is 5.65 Å². The Morgan fingerprint density at radius 1 is 1.26 bits per heavy atom. The van der Waals surface area contributed by atoms with E-state index < -0.39 is 5.76 Å². The van der Waals surface area contributed by atoms with Crippen LogP contribution in [0.4, 0.5) is 0 Å². The average Bonchev–Trinajstić information content (AvgIpc) is 3.37. The van der Waals surface area contributed by atoms with Gasteiger partial charge in [0, 0.05) is 17.1 Å². The van der Waals surface area contributed by atoms with E-state index in [-0.39, 0.29) is 17.4 Å². The molecule has 0 aliphatic heterocycles. The molecule has 31 heavy (non-hydrogen) atoms. The molecule has 1 fully saturated rings. The van der Waals surface area contributed by atoms with Crippen molar-refractivity contribution in [1.82, 2.24) is 29.7 Å². The predicted octanol–water partition coefficient (Wildman–Crippen LogP) is 4.02. The molecule has 0 bridgehead atoms. The Balaban J connectivity index is 1.67. The van der Waals surface area contributed by atoms with E-state index in [1.54, 1.807) is 18.5 Å². The molecule has 1 saturated carbocycles. The van der Waals surface area contributed by atoms with Gasteiger partial charge < -0.3 is 9.67 Å². The number of phenolic OH excluding ortho intramolecular Hbond substituents is 1. The molecule has 1 aromatic carbocycles. The molecule has 3 heterocycles. The quantitative estimate of drug-likeness (QED) is 0.491. The van der Waals surface area contributed by atoms with E-state index in [4.69, 9.17) is 11.6 Å². The Hall–Kier alpha value is -3.20. The second-order valence-corrected chi connectivity index (χ2v) is 8.63. The van der Waals surface area contributed by atoms with E-state index in [2.05, 4.69) is 36.5 Å². The fourth-order valence-corrected chi connectivity index (χ4v) is 4.40. The largest absolute Gasteiger partial charge is 0.507 e. The van der Waals surface area contributed by atoms with Crippen LogP contribution in [0.5, 0.6) is 5.75 Å². The molecule has 3 aromatic heterocycles. The van der Waals surface area contributed by atoms with E-state index in [1.807, 2.05) is 4.57 Å². The molecule has 5 rings (SSSR count). The summed E-state index contributed by atoms with van der Waals surface area (Å²) in [5, 5.41) is 14.7. The molecule has 9 nitrogen and oxygen atoms in total. The highest BCUT2D eigenvalue weighted by molar-refractivity contribution is 6.31. The zero-order valence-electron chi connectivity index (χ0n) is 16.9. The maximum atomic E-state index is 11.4. The Kier molecular flexibility index (Phi) is 4.97. The van der Waals surface area contributed by atoms with Gasteiger partial charge in [-0.15, -0.1) is 0 Å². The van der Waals surface area contributed by atoms with Crippen LogP contribution in [0, 0.1) is 11.8 Å². The number of fused-ring (bicyclic) bond motifs is 1. The lowest BCUT2D eigenvalue weighted by Crippen LogP contribution is -2.17. The highest BCUT2D eigenvalue weighted by Gasteiger charge is 2.23. The van der Waals surface area contributed by atoms with Gasteiger partial charge in [0.05, 0.1) is 6.33 Å². The number of H-pyrrole nitrogens is 1. The zero-order chi connectivity index (χ0) is 21.5. The van der Waals surface area contributed by atoms with Crippen molar-refractivity contribution in [1.29, 1.82) is 0 Å². The minimum Gasteiger partial charge on any atom is -0.507 e. The summed E-state index contributed by atoms with van der Waals surface area (Å²) in [5.74, 6) is 0.868. The van der Waals surface area contributed by atoms with Crippen LogP contribution in [0.25, 0.3) is 34.1 Å². The normalized spacial score (nSPS) is 19.2. The number of aromatic nitrogens is 6. The summed E-state index contributed by atoms with van der Waals surface area (Å²) in [7, 11) is 0. The molecule has 160 valence electrons. The molecule has 4 aromatic rings. The second-order valence-electron chi connectivity index (χ2n) is 8.20. The second kappa shape index (κ2) is 7.81. The number of phenols is 1. The third kappa shape index (κ3) is 3.81. The Morgan fingerprint density at radius 2 is 2.06 bits per heavy atom. The van der Waals surface area contributed by atoms with Crippen molar-refractivity contribution in [2.75, 3.05) is 0 Å². The van der Waals surface area contributed by atoms with Crippen molar-refractivity contribution >= 4 is 22.8 Å². The number of nitrogens with zero attached hydrogens (tertiary/aromatic N) is 5. The van der Waals surface area contributed by atoms with Gasteiger partial charge in [-0.2, -0.15) is 0 Å². The summed E-state index contributed by atoms with van der Waals surface area (Å²) in [6, 6.07) is 4.77. The van der Waals surface area contributed by atoms with Gasteiger partial charge in [0.1, 0.15) is 17.0 Å². The van der Waals surface area contributed by atoms with Crippen LogP contribution in [0.15, 0.2) is 33.8 Å².